The van der Waals surface area contributed by atoms with Gasteiger partial charge in [0.25, 0.3) is 5.56 Å². The van der Waals surface area contributed by atoms with Crippen LogP contribution in [0.2, 0.25) is 0 Å². The van der Waals surface area contributed by atoms with Gasteiger partial charge in [-0.05, 0) is 61.7 Å². The molecule has 34 heavy (non-hydrogen) atoms. The standard InChI is InChI=1S/C24H34N6O4/c1-7-8-11-34-21-19-12-17(30-15-25-26-27-30)9-10-18(19)22(31)28(13-16(2)3)20(21)14-29(23(32)33)24(4,5)6/h9-10,12,15-16H,7-8,11,13-14H2,1-6H3,(H,32,33). The third-order valence-electron chi connectivity index (χ3n) is 5.57. The Morgan fingerprint density at radius 1 is 1.24 bits per heavy atom. The molecule has 0 saturated heterocycles. The molecule has 0 unspecified atom stereocenters. The average molecular weight is 471 g/mol. The number of benzene rings is 1. The van der Waals surface area contributed by atoms with Gasteiger partial charge >= 0.3 is 6.09 Å². The second kappa shape index (κ2) is 10.2. The zero-order valence-corrected chi connectivity index (χ0v) is 20.8. The van der Waals surface area contributed by atoms with Crippen molar-refractivity contribution in [1.29, 1.82) is 0 Å². The van der Waals surface area contributed by atoms with Crippen molar-refractivity contribution in [2.45, 2.75) is 73.0 Å². The fourth-order valence-electron chi connectivity index (χ4n) is 3.81. The second-order valence-electron chi connectivity index (χ2n) is 9.81. The topological polar surface area (TPSA) is 115 Å². The van der Waals surface area contributed by atoms with Crippen LogP contribution in [0.5, 0.6) is 5.75 Å². The largest absolute Gasteiger partial charge is 0.491 e. The number of pyridine rings is 1. The van der Waals surface area contributed by atoms with Gasteiger partial charge in [-0.1, -0.05) is 27.2 Å². The van der Waals surface area contributed by atoms with E-state index in [1.807, 2.05) is 40.7 Å². The molecule has 0 spiro atoms. The predicted molar refractivity (Wildman–Crippen MR) is 129 cm³/mol. The van der Waals surface area contributed by atoms with Gasteiger partial charge in [0.05, 0.1) is 29.9 Å². The van der Waals surface area contributed by atoms with Gasteiger partial charge in [0, 0.05) is 17.5 Å². The van der Waals surface area contributed by atoms with Crippen molar-refractivity contribution in [2.24, 2.45) is 5.92 Å². The first kappa shape index (κ1) is 25.2. The summed E-state index contributed by atoms with van der Waals surface area (Å²) in [5.74, 6) is 0.694. The molecule has 184 valence electrons. The van der Waals surface area contributed by atoms with Crippen molar-refractivity contribution in [3.63, 3.8) is 0 Å². The minimum atomic E-state index is -1.06. The van der Waals surface area contributed by atoms with E-state index in [1.165, 1.54) is 15.9 Å². The number of tetrazole rings is 1. The molecule has 0 atom stereocenters. The summed E-state index contributed by atoms with van der Waals surface area (Å²) >= 11 is 0. The normalized spacial score (nSPS) is 11.9. The molecule has 0 aliphatic carbocycles. The summed E-state index contributed by atoms with van der Waals surface area (Å²) in [5.41, 5.74) is 0.377. The lowest BCUT2D eigenvalue weighted by molar-refractivity contribution is 0.0927. The van der Waals surface area contributed by atoms with E-state index in [1.54, 1.807) is 16.7 Å². The number of carboxylic acid groups (broad SMARTS) is 1. The number of hydrogen-bond acceptors (Lipinski definition) is 6. The average Bonchev–Trinajstić information content (AvgIpc) is 3.29. The Bertz CT molecular complexity index is 1190. The summed E-state index contributed by atoms with van der Waals surface area (Å²) in [5, 5.41) is 22.4. The molecule has 1 N–H and O–H groups in total. The summed E-state index contributed by atoms with van der Waals surface area (Å²) in [6.45, 7) is 12.5. The first-order valence-electron chi connectivity index (χ1n) is 11.6. The van der Waals surface area contributed by atoms with Crippen molar-refractivity contribution in [2.75, 3.05) is 6.61 Å². The Kier molecular flexibility index (Phi) is 7.58. The molecule has 1 aromatic carbocycles. The van der Waals surface area contributed by atoms with E-state index in [0.717, 1.165) is 12.8 Å². The van der Waals surface area contributed by atoms with Crippen LogP contribution in [0.15, 0.2) is 29.3 Å². The number of aromatic nitrogens is 5. The molecule has 3 rings (SSSR count). The van der Waals surface area contributed by atoms with E-state index in [4.69, 9.17) is 4.74 Å². The minimum absolute atomic E-state index is 0.0211. The summed E-state index contributed by atoms with van der Waals surface area (Å²) < 4.78 is 9.47. The SMILES string of the molecule is CCCCOc1c(CN(C(=O)O)C(C)(C)C)n(CC(C)C)c(=O)c2ccc(-n3cnnn3)cc12. The number of carbonyl (C=O) groups is 1. The predicted octanol–water partition coefficient (Wildman–Crippen LogP) is 4.09. The number of rotatable bonds is 9. The number of amides is 1. The first-order valence-corrected chi connectivity index (χ1v) is 11.6. The fourth-order valence-corrected chi connectivity index (χ4v) is 3.81. The molecule has 3 aromatic rings. The molecule has 10 nitrogen and oxygen atoms in total. The lowest BCUT2D eigenvalue weighted by Crippen LogP contribution is -2.45. The molecule has 2 heterocycles. The summed E-state index contributed by atoms with van der Waals surface area (Å²) in [7, 11) is 0. The number of nitrogens with zero attached hydrogens (tertiary/aromatic N) is 6. The van der Waals surface area contributed by atoms with Crippen LogP contribution in [0.1, 0.15) is 60.1 Å². The molecule has 0 aliphatic heterocycles. The van der Waals surface area contributed by atoms with Crippen LogP contribution >= 0.6 is 0 Å². The maximum atomic E-state index is 13.7. The Morgan fingerprint density at radius 2 is 1.97 bits per heavy atom. The molecule has 1 amide bonds. The van der Waals surface area contributed by atoms with Crippen LogP contribution in [0.25, 0.3) is 16.5 Å². The first-order chi connectivity index (χ1) is 16.0. The van der Waals surface area contributed by atoms with Crippen LogP contribution in [-0.2, 0) is 13.1 Å². The van der Waals surface area contributed by atoms with Crippen LogP contribution in [0, 0.1) is 5.92 Å². The maximum Gasteiger partial charge on any atom is 0.408 e. The third kappa shape index (κ3) is 5.37. The molecule has 0 fully saturated rings. The van der Waals surface area contributed by atoms with Crippen molar-refractivity contribution >= 4 is 16.9 Å². The van der Waals surface area contributed by atoms with Crippen LogP contribution in [0.4, 0.5) is 4.79 Å². The van der Waals surface area contributed by atoms with Gasteiger partial charge in [0.1, 0.15) is 12.1 Å². The van der Waals surface area contributed by atoms with Gasteiger partial charge in [-0.25, -0.2) is 9.48 Å². The van der Waals surface area contributed by atoms with Crippen molar-refractivity contribution in [3.05, 3.63) is 40.6 Å². The molecular formula is C24H34N6O4. The highest BCUT2D eigenvalue weighted by Crippen LogP contribution is 2.32. The lowest BCUT2D eigenvalue weighted by atomic mass is 10.0. The summed E-state index contributed by atoms with van der Waals surface area (Å²) in [6, 6.07) is 5.36. The number of hydrogen-bond donors (Lipinski definition) is 1. The number of ether oxygens (including phenoxy) is 1. The van der Waals surface area contributed by atoms with E-state index in [9.17, 15) is 14.7 Å². The molecule has 2 aromatic heterocycles. The quantitative estimate of drug-likeness (QED) is 0.468. The van der Waals surface area contributed by atoms with E-state index in [-0.39, 0.29) is 18.0 Å². The van der Waals surface area contributed by atoms with E-state index >= 15 is 0 Å². The van der Waals surface area contributed by atoms with Crippen molar-refractivity contribution < 1.29 is 14.6 Å². The van der Waals surface area contributed by atoms with Gasteiger partial charge in [-0.15, -0.1) is 5.10 Å². The minimum Gasteiger partial charge on any atom is -0.491 e. The molecule has 0 saturated carbocycles. The highest BCUT2D eigenvalue weighted by Gasteiger charge is 2.30. The lowest BCUT2D eigenvalue weighted by Gasteiger charge is -2.34. The van der Waals surface area contributed by atoms with Crippen LogP contribution < -0.4 is 10.3 Å². The van der Waals surface area contributed by atoms with Crippen LogP contribution in [0.3, 0.4) is 0 Å². The number of fused-ring (bicyclic) bond motifs is 1. The molecular weight excluding hydrogens is 436 g/mol. The summed E-state index contributed by atoms with van der Waals surface area (Å²) in [4.78, 5) is 27.2. The van der Waals surface area contributed by atoms with Gasteiger partial charge in [-0.2, -0.15) is 0 Å². The van der Waals surface area contributed by atoms with Gasteiger partial charge in [0.15, 0.2) is 0 Å². The maximum absolute atomic E-state index is 13.7. The monoisotopic (exact) mass is 470 g/mol. The van der Waals surface area contributed by atoms with Gasteiger partial charge in [-0.3, -0.25) is 9.69 Å². The molecule has 0 bridgehead atoms. The highest BCUT2D eigenvalue weighted by atomic mass is 16.5. The number of unbranched alkanes of at least 4 members (excludes halogenated alkanes) is 1. The highest BCUT2D eigenvalue weighted by molar-refractivity contribution is 5.90. The van der Waals surface area contributed by atoms with E-state index in [2.05, 4.69) is 22.4 Å². The Morgan fingerprint density at radius 3 is 2.53 bits per heavy atom. The Hall–Kier alpha value is -3.43. The Labute approximate surface area is 199 Å². The van der Waals surface area contributed by atoms with Gasteiger partial charge < -0.3 is 14.4 Å². The zero-order valence-electron chi connectivity index (χ0n) is 20.8. The second-order valence-corrected chi connectivity index (χ2v) is 9.81. The van der Waals surface area contributed by atoms with Gasteiger partial charge in [0.2, 0.25) is 0 Å². The fraction of sp³-hybridized carbons (Fsp3) is 0.542. The smallest absolute Gasteiger partial charge is 0.408 e. The third-order valence-corrected chi connectivity index (χ3v) is 5.57. The summed E-state index contributed by atoms with van der Waals surface area (Å²) in [6.07, 6.45) is 2.19. The zero-order chi connectivity index (χ0) is 25.0. The van der Waals surface area contributed by atoms with Crippen molar-refractivity contribution in [3.8, 4) is 11.4 Å². The van der Waals surface area contributed by atoms with Crippen molar-refractivity contribution in [1.82, 2.24) is 29.7 Å². The Balaban J connectivity index is 2.33. The molecule has 10 heteroatoms. The van der Waals surface area contributed by atoms with E-state index < -0.39 is 11.6 Å². The van der Waals surface area contributed by atoms with E-state index in [0.29, 0.717) is 41.1 Å². The van der Waals surface area contributed by atoms with Crippen LogP contribution in [-0.4, -0.2) is 53.0 Å². The molecule has 0 aliphatic rings. The molecule has 0 radical (unpaired) electrons.